The van der Waals surface area contributed by atoms with Gasteiger partial charge in [0.05, 0.1) is 17.6 Å². The van der Waals surface area contributed by atoms with Crippen LogP contribution in [0.5, 0.6) is 0 Å². The monoisotopic (exact) mass is 335 g/mol. The molecule has 0 bridgehead atoms. The van der Waals surface area contributed by atoms with Crippen LogP contribution in [0.1, 0.15) is 15.3 Å². The summed E-state index contributed by atoms with van der Waals surface area (Å²) in [5, 5.41) is 0. The molecule has 2 aromatic heterocycles. The number of thiophene rings is 1. The third-order valence-electron chi connectivity index (χ3n) is 3.27. The van der Waals surface area contributed by atoms with E-state index >= 15 is 0 Å². The zero-order chi connectivity index (χ0) is 13.6. The van der Waals surface area contributed by atoms with Crippen LogP contribution in [0, 0.1) is 13.8 Å². The number of aromatic nitrogens is 2. The van der Waals surface area contributed by atoms with Crippen molar-refractivity contribution in [3.63, 3.8) is 0 Å². The average Bonchev–Trinajstić information content (AvgIpc) is 2.81. The quantitative estimate of drug-likeness (QED) is 0.765. The molecule has 0 amide bonds. The zero-order valence-electron chi connectivity index (χ0n) is 10.8. The smallest absolute Gasteiger partial charge is 0.201 e. The number of nitrogens with two attached hydrogens (primary N) is 1. The molecule has 0 saturated carbocycles. The average molecular weight is 336 g/mol. The van der Waals surface area contributed by atoms with Crippen LogP contribution in [0.3, 0.4) is 0 Å². The molecule has 0 aliphatic carbocycles. The molecule has 0 saturated heterocycles. The molecular weight excluding hydrogens is 322 g/mol. The first-order chi connectivity index (χ1) is 9.04. The molecule has 0 atom stereocenters. The second-order valence-corrected chi connectivity index (χ2v) is 6.90. The minimum absolute atomic E-state index is 0.566. The highest BCUT2D eigenvalue weighted by Crippen LogP contribution is 2.26. The fourth-order valence-corrected chi connectivity index (χ4v) is 3.56. The van der Waals surface area contributed by atoms with Crippen molar-refractivity contribution < 1.29 is 0 Å². The molecule has 3 rings (SSSR count). The summed E-state index contributed by atoms with van der Waals surface area (Å²) in [6.07, 6.45) is 0. The normalized spacial score (nSPS) is 11.3. The van der Waals surface area contributed by atoms with Crippen molar-refractivity contribution in [2.75, 3.05) is 5.73 Å². The number of hydrogen-bond donors (Lipinski definition) is 1. The third-order valence-corrected chi connectivity index (χ3v) is 4.90. The first kappa shape index (κ1) is 12.7. The fraction of sp³-hybridized carbons (Fsp3) is 0.214. The number of rotatable bonds is 2. The molecule has 0 fully saturated rings. The van der Waals surface area contributed by atoms with Gasteiger partial charge in [-0.1, -0.05) is 15.9 Å². The topological polar surface area (TPSA) is 43.8 Å². The Balaban J connectivity index is 2.07. The van der Waals surface area contributed by atoms with Crippen LogP contribution < -0.4 is 5.73 Å². The molecule has 1 aromatic carbocycles. The molecule has 2 N–H and O–H groups in total. The van der Waals surface area contributed by atoms with Crippen molar-refractivity contribution in [1.29, 1.82) is 0 Å². The van der Waals surface area contributed by atoms with E-state index in [1.165, 1.54) is 15.3 Å². The number of halogens is 1. The summed E-state index contributed by atoms with van der Waals surface area (Å²) in [6.45, 7) is 5.07. The summed E-state index contributed by atoms with van der Waals surface area (Å²) in [6, 6.07) is 8.29. The molecule has 98 valence electrons. The number of nitrogens with zero attached hydrogens (tertiary/aromatic N) is 2. The standard InChI is InChI=1S/C14H14BrN3S/c1-8-5-11(19-9(8)2)7-18-13-4-3-10(15)6-12(13)17-14(18)16/h3-6H,7H2,1-2H3,(H2,16,17). The second-order valence-electron chi connectivity index (χ2n) is 4.64. The lowest BCUT2D eigenvalue weighted by atomic mass is 10.3. The highest BCUT2D eigenvalue weighted by atomic mass is 79.9. The van der Waals surface area contributed by atoms with Crippen LogP contribution in [0.2, 0.25) is 0 Å². The van der Waals surface area contributed by atoms with E-state index < -0.39 is 0 Å². The van der Waals surface area contributed by atoms with E-state index in [1.54, 1.807) is 0 Å². The van der Waals surface area contributed by atoms with Crippen LogP contribution >= 0.6 is 27.3 Å². The number of imidazole rings is 1. The number of anilines is 1. The van der Waals surface area contributed by atoms with Crippen LogP contribution in [0.15, 0.2) is 28.7 Å². The van der Waals surface area contributed by atoms with Gasteiger partial charge in [0.2, 0.25) is 5.95 Å². The van der Waals surface area contributed by atoms with E-state index in [0.29, 0.717) is 5.95 Å². The summed E-state index contributed by atoms with van der Waals surface area (Å²) in [5.74, 6) is 0.566. The van der Waals surface area contributed by atoms with Gasteiger partial charge >= 0.3 is 0 Å². The lowest BCUT2D eigenvalue weighted by molar-refractivity contribution is 0.852. The van der Waals surface area contributed by atoms with Crippen molar-refractivity contribution in [3.8, 4) is 0 Å². The van der Waals surface area contributed by atoms with Crippen molar-refractivity contribution >= 4 is 44.2 Å². The predicted octanol–water partition coefficient (Wildman–Crippen LogP) is 4.11. The van der Waals surface area contributed by atoms with Gasteiger partial charge in [0, 0.05) is 14.2 Å². The lowest BCUT2D eigenvalue weighted by Crippen LogP contribution is -2.03. The Morgan fingerprint density at radius 2 is 2.11 bits per heavy atom. The van der Waals surface area contributed by atoms with Crippen LogP contribution in [-0.2, 0) is 6.54 Å². The Morgan fingerprint density at radius 1 is 1.32 bits per heavy atom. The molecule has 3 nitrogen and oxygen atoms in total. The molecule has 0 aliphatic heterocycles. The maximum atomic E-state index is 6.04. The highest BCUT2D eigenvalue weighted by Gasteiger charge is 2.10. The molecule has 2 heterocycles. The third kappa shape index (κ3) is 2.28. The minimum atomic E-state index is 0.566. The number of benzene rings is 1. The van der Waals surface area contributed by atoms with Crippen molar-refractivity contribution in [2.24, 2.45) is 0 Å². The van der Waals surface area contributed by atoms with Crippen molar-refractivity contribution in [2.45, 2.75) is 20.4 Å². The molecule has 19 heavy (non-hydrogen) atoms. The van der Waals surface area contributed by atoms with E-state index in [1.807, 2.05) is 23.5 Å². The number of hydrogen-bond acceptors (Lipinski definition) is 3. The molecular formula is C14H14BrN3S. The van der Waals surface area contributed by atoms with Gasteiger partial charge in [-0.05, 0) is 43.7 Å². The Labute approximate surface area is 124 Å². The van der Waals surface area contributed by atoms with Gasteiger partial charge in [-0.2, -0.15) is 0 Å². The van der Waals surface area contributed by atoms with E-state index in [2.05, 4.69) is 51.5 Å². The highest BCUT2D eigenvalue weighted by molar-refractivity contribution is 9.10. The van der Waals surface area contributed by atoms with Gasteiger partial charge in [-0.15, -0.1) is 11.3 Å². The van der Waals surface area contributed by atoms with E-state index in [9.17, 15) is 0 Å². The number of aryl methyl sites for hydroxylation is 2. The van der Waals surface area contributed by atoms with Gasteiger partial charge < -0.3 is 10.3 Å². The van der Waals surface area contributed by atoms with Crippen LogP contribution in [0.4, 0.5) is 5.95 Å². The molecule has 0 unspecified atom stereocenters. The van der Waals surface area contributed by atoms with E-state index in [0.717, 1.165) is 22.1 Å². The summed E-state index contributed by atoms with van der Waals surface area (Å²) in [7, 11) is 0. The first-order valence-electron chi connectivity index (χ1n) is 6.02. The lowest BCUT2D eigenvalue weighted by Gasteiger charge is -2.04. The van der Waals surface area contributed by atoms with Gasteiger partial charge in [0.1, 0.15) is 0 Å². The number of nitrogen functional groups attached to an aromatic ring is 1. The Morgan fingerprint density at radius 3 is 2.79 bits per heavy atom. The zero-order valence-corrected chi connectivity index (χ0v) is 13.2. The van der Waals surface area contributed by atoms with Gasteiger partial charge in [-0.3, -0.25) is 0 Å². The Kier molecular flexibility index (Phi) is 3.11. The predicted molar refractivity (Wildman–Crippen MR) is 84.7 cm³/mol. The largest absolute Gasteiger partial charge is 0.369 e. The summed E-state index contributed by atoms with van der Waals surface area (Å²) < 4.78 is 3.08. The Hall–Kier alpha value is -1.33. The minimum Gasteiger partial charge on any atom is -0.369 e. The maximum Gasteiger partial charge on any atom is 0.201 e. The fourth-order valence-electron chi connectivity index (χ4n) is 2.17. The van der Waals surface area contributed by atoms with Crippen LogP contribution in [-0.4, -0.2) is 9.55 Å². The van der Waals surface area contributed by atoms with Crippen LogP contribution in [0.25, 0.3) is 11.0 Å². The van der Waals surface area contributed by atoms with Gasteiger partial charge in [0.15, 0.2) is 0 Å². The molecule has 0 spiro atoms. The molecule has 0 radical (unpaired) electrons. The van der Waals surface area contributed by atoms with Crippen molar-refractivity contribution in [3.05, 3.63) is 44.1 Å². The first-order valence-corrected chi connectivity index (χ1v) is 7.62. The number of fused-ring (bicyclic) bond motifs is 1. The molecule has 5 heteroatoms. The Bertz CT molecular complexity index is 738. The van der Waals surface area contributed by atoms with E-state index in [4.69, 9.17) is 5.73 Å². The summed E-state index contributed by atoms with van der Waals surface area (Å²) in [4.78, 5) is 7.09. The van der Waals surface area contributed by atoms with Crippen molar-refractivity contribution in [1.82, 2.24) is 9.55 Å². The van der Waals surface area contributed by atoms with E-state index in [-0.39, 0.29) is 0 Å². The van der Waals surface area contributed by atoms with Gasteiger partial charge in [-0.25, -0.2) is 4.98 Å². The molecule has 0 aliphatic rings. The summed E-state index contributed by atoms with van der Waals surface area (Å²) in [5.41, 5.74) is 9.38. The maximum absolute atomic E-state index is 6.04. The van der Waals surface area contributed by atoms with Gasteiger partial charge in [0.25, 0.3) is 0 Å². The second kappa shape index (κ2) is 4.65. The summed E-state index contributed by atoms with van der Waals surface area (Å²) >= 11 is 5.28. The SMILES string of the molecule is Cc1cc(Cn2c(N)nc3cc(Br)ccc32)sc1C. The molecule has 3 aromatic rings.